The van der Waals surface area contributed by atoms with Crippen LogP contribution >= 0.6 is 0 Å². The van der Waals surface area contributed by atoms with E-state index in [1.807, 2.05) is 24.3 Å². The Morgan fingerprint density at radius 3 is 1.78 bits per heavy atom. The highest BCUT2D eigenvalue weighted by atomic mass is 16.2. The number of nitrogens with one attached hydrogen (secondary N) is 3. The van der Waals surface area contributed by atoms with Crippen LogP contribution in [0.4, 0.5) is 4.79 Å². The number of ketones is 1. The zero-order chi connectivity index (χ0) is 38.9. The van der Waals surface area contributed by atoms with Crippen molar-refractivity contribution in [2.75, 3.05) is 13.1 Å². The molecule has 1 aromatic carbocycles. The van der Waals surface area contributed by atoms with Crippen molar-refractivity contribution in [2.24, 2.45) is 23.0 Å². The summed E-state index contributed by atoms with van der Waals surface area (Å²) in [5.74, 6) is -1.48. The van der Waals surface area contributed by atoms with Gasteiger partial charge in [-0.15, -0.1) is 0 Å². The molecule has 51 heavy (non-hydrogen) atoms. The van der Waals surface area contributed by atoms with E-state index in [0.29, 0.717) is 32.5 Å². The second-order valence-corrected chi connectivity index (χ2v) is 15.6. The molecule has 6 amide bonds. The Balaban J connectivity index is 0.000000845. The Bertz CT molecular complexity index is 1280. The first-order valence-corrected chi connectivity index (χ1v) is 18.7. The van der Waals surface area contributed by atoms with Crippen molar-refractivity contribution in [3.63, 3.8) is 0 Å². The third-order valence-corrected chi connectivity index (χ3v) is 8.71. The molecular formula is C39H66N6O6. The number of amides is 6. The van der Waals surface area contributed by atoms with Crippen LogP contribution in [-0.4, -0.2) is 76.5 Å². The molecule has 1 saturated carbocycles. The van der Waals surface area contributed by atoms with Crippen molar-refractivity contribution in [2.45, 2.75) is 145 Å². The number of hydrogen-bond donors (Lipinski definition) is 4. The molecule has 1 saturated heterocycles. The zero-order valence-electron chi connectivity index (χ0n) is 32.9. The summed E-state index contributed by atoms with van der Waals surface area (Å²) < 4.78 is 0. The maximum atomic E-state index is 13.5. The van der Waals surface area contributed by atoms with E-state index in [9.17, 15) is 28.8 Å². The van der Waals surface area contributed by atoms with E-state index in [2.05, 4.69) is 57.5 Å². The number of urea groups is 1. The molecule has 288 valence electrons. The van der Waals surface area contributed by atoms with Gasteiger partial charge in [-0.25, -0.2) is 4.79 Å². The number of rotatable bonds is 9. The highest BCUT2D eigenvalue weighted by Gasteiger charge is 2.42. The van der Waals surface area contributed by atoms with E-state index in [4.69, 9.17) is 5.73 Å². The minimum atomic E-state index is -1.16. The summed E-state index contributed by atoms with van der Waals surface area (Å²) in [7, 11) is 0. The molecule has 1 aliphatic carbocycles. The van der Waals surface area contributed by atoms with Crippen LogP contribution in [0.5, 0.6) is 0 Å². The lowest BCUT2D eigenvalue weighted by molar-refractivity contribution is -0.143. The van der Waals surface area contributed by atoms with Gasteiger partial charge < -0.3 is 31.5 Å². The molecule has 3 atom stereocenters. The summed E-state index contributed by atoms with van der Waals surface area (Å²) in [6.45, 7) is 20.9. The van der Waals surface area contributed by atoms with Gasteiger partial charge in [-0.1, -0.05) is 119 Å². The average molecular weight is 715 g/mol. The van der Waals surface area contributed by atoms with Gasteiger partial charge in [-0.2, -0.15) is 0 Å². The quantitative estimate of drug-likeness (QED) is 0.260. The van der Waals surface area contributed by atoms with E-state index >= 15 is 0 Å². The Kier molecular flexibility index (Phi) is 19.5. The lowest BCUT2D eigenvalue weighted by Crippen LogP contribution is -2.60. The molecule has 1 aromatic rings. The third-order valence-electron chi connectivity index (χ3n) is 8.71. The van der Waals surface area contributed by atoms with Crippen molar-refractivity contribution >= 4 is 35.4 Å². The summed E-state index contributed by atoms with van der Waals surface area (Å²) in [6, 6.07) is 4.10. The summed E-state index contributed by atoms with van der Waals surface area (Å²) in [5, 5.41) is 7.66. The lowest BCUT2D eigenvalue weighted by atomic mass is 9.85. The second kappa shape index (κ2) is 22.1. The van der Waals surface area contributed by atoms with Crippen molar-refractivity contribution in [3.8, 4) is 0 Å². The van der Waals surface area contributed by atoms with Crippen LogP contribution < -0.4 is 21.7 Å². The van der Waals surface area contributed by atoms with Gasteiger partial charge in [-0.05, 0) is 48.1 Å². The zero-order valence-corrected chi connectivity index (χ0v) is 32.9. The monoisotopic (exact) mass is 715 g/mol. The maximum Gasteiger partial charge on any atom is 0.315 e. The van der Waals surface area contributed by atoms with E-state index in [0.717, 1.165) is 23.0 Å². The SMILES string of the molecule is CC(C)C.CC(NC(=O)C1CCCN1C(=O)C(NC(=O)NCC(=O)N1Cc2ccccc2C1)C(C)(C)C)C(=O)C(N)=O.CC1CCC1.CCCC. The minimum absolute atomic E-state index is 0.231. The largest absolute Gasteiger partial charge is 0.363 e. The molecule has 5 N–H and O–H groups in total. The number of unbranched alkanes of at least 4 members (excludes halogenated alkanes) is 1. The van der Waals surface area contributed by atoms with E-state index in [1.165, 1.54) is 43.9 Å². The molecule has 12 nitrogen and oxygen atoms in total. The van der Waals surface area contributed by atoms with Gasteiger partial charge in [0, 0.05) is 19.6 Å². The molecular weight excluding hydrogens is 648 g/mol. The minimum Gasteiger partial charge on any atom is -0.363 e. The third kappa shape index (κ3) is 15.9. The maximum absolute atomic E-state index is 13.5. The average Bonchev–Trinajstić information content (AvgIpc) is 3.72. The number of carbonyl (C=O) groups excluding carboxylic acids is 6. The van der Waals surface area contributed by atoms with Gasteiger partial charge >= 0.3 is 6.03 Å². The van der Waals surface area contributed by atoms with Gasteiger partial charge in [-0.3, -0.25) is 24.0 Å². The van der Waals surface area contributed by atoms with Gasteiger partial charge in [0.15, 0.2) is 0 Å². The number of likely N-dealkylation sites (tertiary alicyclic amines) is 1. The Labute approximate surface area is 306 Å². The van der Waals surface area contributed by atoms with Crippen molar-refractivity contribution in [3.05, 3.63) is 35.4 Å². The predicted molar refractivity (Wildman–Crippen MR) is 201 cm³/mol. The molecule has 0 aromatic heterocycles. The Hall–Kier alpha value is -3.96. The molecule has 0 radical (unpaired) electrons. The van der Waals surface area contributed by atoms with Crippen molar-refractivity contribution in [1.29, 1.82) is 0 Å². The predicted octanol–water partition coefficient (Wildman–Crippen LogP) is 5.07. The highest BCUT2D eigenvalue weighted by Crippen LogP contribution is 2.26. The number of nitrogens with zero attached hydrogens (tertiary/aromatic N) is 2. The summed E-state index contributed by atoms with van der Waals surface area (Å²) in [4.78, 5) is 77.7. The van der Waals surface area contributed by atoms with E-state index in [1.54, 1.807) is 25.7 Å². The molecule has 12 heteroatoms. The first-order chi connectivity index (χ1) is 23.8. The van der Waals surface area contributed by atoms with Crippen molar-refractivity contribution < 1.29 is 28.8 Å². The number of carbonyl (C=O) groups is 6. The van der Waals surface area contributed by atoms with E-state index < -0.39 is 53.1 Å². The molecule has 3 aliphatic rings. The molecule has 2 fully saturated rings. The van der Waals surface area contributed by atoms with Crippen LogP contribution in [0.1, 0.15) is 125 Å². The summed E-state index contributed by atoms with van der Waals surface area (Å²) >= 11 is 0. The first kappa shape index (κ1) is 45.1. The van der Waals surface area contributed by atoms with Crippen LogP contribution in [-0.2, 0) is 37.1 Å². The fourth-order valence-corrected chi connectivity index (χ4v) is 5.28. The smallest absolute Gasteiger partial charge is 0.315 e. The van der Waals surface area contributed by atoms with Crippen LogP contribution in [0.2, 0.25) is 0 Å². The number of benzene rings is 1. The van der Waals surface area contributed by atoms with Crippen LogP contribution in [0.15, 0.2) is 24.3 Å². The number of Topliss-reactive ketones (excluding diaryl/α,β-unsaturated/α-hetero) is 1. The van der Waals surface area contributed by atoms with Crippen LogP contribution in [0.3, 0.4) is 0 Å². The molecule has 0 bridgehead atoms. The summed E-state index contributed by atoms with van der Waals surface area (Å²) in [6.07, 6.45) is 8.02. The molecule has 0 spiro atoms. The number of hydrogen-bond acceptors (Lipinski definition) is 6. The highest BCUT2D eigenvalue weighted by molar-refractivity contribution is 6.37. The normalized spacial score (nSPS) is 17.4. The van der Waals surface area contributed by atoms with Crippen LogP contribution in [0, 0.1) is 17.3 Å². The number of nitrogens with two attached hydrogens (primary N) is 1. The van der Waals surface area contributed by atoms with Gasteiger partial charge in [0.1, 0.15) is 12.1 Å². The Morgan fingerprint density at radius 1 is 0.863 bits per heavy atom. The summed E-state index contributed by atoms with van der Waals surface area (Å²) in [5.41, 5.74) is 6.43. The van der Waals surface area contributed by atoms with Crippen LogP contribution in [0.25, 0.3) is 0 Å². The van der Waals surface area contributed by atoms with E-state index in [-0.39, 0.29) is 12.5 Å². The Morgan fingerprint density at radius 2 is 1.37 bits per heavy atom. The topological polar surface area (TPSA) is 171 Å². The second-order valence-electron chi connectivity index (χ2n) is 15.6. The molecule has 2 aliphatic heterocycles. The van der Waals surface area contributed by atoms with Gasteiger partial charge in [0.2, 0.25) is 23.5 Å². The lowest BCUT2D eigenvalue weighted by Gasteiger charge is -2.35. The number of primary amides is 1. The molecule has 2 heterocycles. The molecule has 4 rings (SSSR count). The fourth-order valence-electron chi connectivity index (χ4n) is 5.28. The first-order valence-electron chi connectivity index (χ1n) is 18.7. The van der Waals surface area contributed by atoms with Gasteiger partial charge in [0.05, 0.1) is 12.6 Å². The fraction of sp³-hybridized carbons (Fsp3) is 0.692. The standard InChI is InChI=1S/C26H36N6O6.C5H10.2C4H10/c1-15(20(34)22(27)35)29-23(36)18-10-7-11-32(18)24(37)21(26(2,3)4)30-25(38)28-12-19(33)31-13-16-8-5-6-9-17(16)14-31;1-5-3-2-4-5;1-4(2)3;1-3-4-2/h5-6,8-9,15,18,21H,7,10-14H2,1-4H3,(H2,27,35)(H,29,36)(H2,28,30,38);5H,2-4H2,1H3;4H,1-3H3;3-4H2,1-2H3. The number of fused-ring (bicyclic) bond motifs is 1. The molecule has 3 unspecified atom stereocenters. The van der Waals surface area contributed by atoms with Crippen molar-refractivity contribution in [1.82, 2.24) is 25.8 Å². The van der Waals surface area contributed by atoms with Gasteiger partial charge in [0.25, 0.3) is 5.91 Å².